The molecule has 0 saturated heterocycles. The van der Waals surface area contributed by atoms with Crippen LogP contribution in [0.25, 0.3) is 10.9 Å². The summed E-state index contributed by atoms with van der Waals surface area (Å²) in [4.78, 5) is 17.9. The van der Waals surface area contributed by atoms with Gasteiger partial charge >= 0.3 is 0 Å². The van der Waals surface area contributed by atoms with Gasteiger partial charge in [0.1, 0.15) is 29.2 Å². The summed E-state index contributed by atoms with van der Waals surface area (Å²) in [5.41, 5.74) is 2.52. The molecular weight excluding hydrogens is 458 g/mol. The molecule has 0 radical (unpaired) electrons. The number of anilines is 1. The van der Waals surface area contributed by atoms with Gasteiger partial charge in [-0.05, 0) is 55.1 Å². The normalized spacial score (nSPS) is 11.9. The Kier molecular flexibility index (Phi) is 6.79. The SMILES string of the molecule is COc1cc(NC(C(=O)c2c[nH]c3cc(C)c(F)cc23)c2ccc(F)cc2OC)cc(SC)c1. The second-order valence-electron chi connectivity index (χ2n) is 7.78. The van der Waals surface area contributed by atoms with Gasteiger partial charge in [-0.3, -0.25) is 4.79 Å². The molecule has 1 heterocycles. The second-order valence-corrected chi connectivity index (χ2v) is 8.66. The number of carbonyl (C=O) groups excluding carboxylic acids is 1. The van der Waals surface area contributed by atoms with Crippen LogP contribution in [0.3, 0.4) is 0 Å². The molecule has 5 nitrogen and oxygen atoms in total. The van der Waals surface area contributed by atoms with E-state index in [1.807, 2.05) is 18.4 Å². The van der Waals surface area contributed by atoms with Gasteiger partial charge < -0.3 is 19.8 Å². The summed E-state index contributed by atoms with van der Waals surface area (Å²) in [6.07, 6.45) is 3.50. The molecule has 3 aromatic carbocycles. The molecule has 1 unspecified atom stereocenters. The van der Waals surface area contributed by atoms with Crippen LogP contribution in [0.1, 0.15) is 27.5 Å². The van der Waals surface area contributed by atoms with E-state index >= 15 is 0 Å². The van der Waals surface area contributed by atoms with E-state index in [1.54, 1.807) is 32.4 Å². The fourth-order valence-electron chi connectivity index (χ4n) is 3.88. The van der Waals surface area contributed by atoms with Crippen LogP contribution in [0.5, 0.6) is 11.5 Å². The topological polar surface area (TPSA) is 63.3 Å². The number of aryl methyl sites for hydroxylation is 1. The van der Waals surface area contributed by atoms with Crippen molar-refractivity contribution in [2.45, 2.75) is 17.9 Å². The fraction of sp³-hybridized carbons (Fsp3) is 0.192. The quantitative estimate of drug-likeness (QED) is 0.221. The Morgan fingerprint density at radius 2 is 1.85 bits per heavy atom. The average Bonchev–Trinajstić information content (AvgIpc) is 3.24. The van der Waals surface area contributed by atoms with Crippen LogP contribution in [0, 0.1) is 18.6 Å². The molecule has 1 aromatic heterocycles. The van der Waals surface area contributed by atoms with Gasteiger partial charge in [0, 0.05) is 50.9 Å². The molecule has 0 bridgehead atoms. The van der Waals surface area contributed by atoms with E-state index in [1.165, 1.54) is 43.1 Å². The molecule has 0 amide bonds. The molecule has 0 aliphatic heterocycles. The number of hydrogen-bond donors (Lipinski definition) is 2. The Labute approximate surface area is 200 Å². The molecule has 0 aliphatic carbocycles. The number of halogens is 2. The first-order chi connectivity index (χ1) is 16.3. The predicted octanol–water partition coefficient (Wildman–Crippen LogP) is 6.53. The number of H-pyrrole nitrogens is 1. The van der Waals surface area contributed by atoms with Crippen molar-refractivity contribution < 1.29 is 23.0 Å². The van der Waals surface area contributed by atoms with Crippen molar-refractivity contribution in [3.8, 4) is 11.5 Å². The average molecular weight is 483 g/mol. The van der Waals surface area contributed by atoms with E-state index < -0.39 is 17.7 Å². The summed E-state index contributed by atoms with van der Waals surface area (Å²) in [6.45, 7) is 1.66. The number of aromatic amines is 1. The molecular formula is C26H24F2N2O3S. The molecule has 0 aliphatic rings. The number of carbonyl (C=O) groups is 1. The Balaban J connectivity index is 1.85. The third kappa shape index (κ3) is 4.59. The number of ether oxygens (including phenoxy) is 2. The lowest BCUT2D eigenvalue weighted by Gasteiger charge is -2.22. The summed E-state index contributed by atoms with van der Waals surface area (Å²) < 4.78 is 39.1. The zero-order chi connectivity index (χ0) is 24.4. The van der Waals surface area contributed by atoms with Crippen molar-refractivity contribution >= 4 is 34.1 Å². The minimum absolute atomic E-state index is 0.223. The van der Waals surface area contributed by atoms with Gasteiger partial charge in [-0.25, -0.2) is 8.78 Å². The molecule has 2 N–H and O–H groups in total. The first-order valence-electron chi connectivity index (χ1n) is 10.5. The first-order valence-corrected chi connectivity index (χ1v) is 11.7. The van der Waals surface area contributed by atoms with E-state index in [4.69, 9.17) is 9.47 Å². The summed E-state index contributed by atoms with van der Waals surface area (Å²) in [5.74, 6) is -0.366. The zero-order valence-corrected chi connectivity index (χ0v) is 20.0. The summed E-state index contributed by atoms with van der Waals surface area (Å²) >= 11 is 1.53. The number of methoxy groups -OCH3 is 2. The third-order valence-electron chi connectivity index (χ3n) is 5.66. The number of fused-ring (bicyclic) bond motifs is 1. The molecule has 0 saturated carbocycles. The molecule has 4 aromatic rings. The van der Waals surface area contributed by atoms with Gasteiger partial charge in [0.25, 0.3) is 0 Å². The van der Waals surface area contributed by atoms with Gasteiger partial charge in [-0.2, -0.15) is 0 Å². The zero-order valence-electron chi connectivity index (χ0n) is 19.2. The van der Waals surface area contributed by atoms with Gasteiger partial charge in [0.05, 0.1) is 14.2 Å². The maximum atomic E-state index is 14.4. The van der Waals surface area contributed by atoms with Crippen molar-refractivity contribution in [3.05, 3.63) is 83.1 Å². The number of nitrogens with one attached hydrogen (secondary N) is 2. The highest BCUT2D eigenvalue weighted by molar-refractivity contribution is 7.98. The van der Waals surface area contributed by atoms with Crippen LogP contribution in [-0.2, 0) is 0 Å². The fourth-order valence-corrected chi connectivity index (χ4v) is 4.36. The first kappa shape index (κ1) is 23.6. The highest BCUT2D eigenvalue weighted by Crippen LogP contribution is 2.35. The molecule has 8 heteroatoms. The van der Waals surface area contributed by atoms with Crippen molar-refractivity contribution in [3.63, 3.8) is 0 Å². The number of Topliss-reactive ketones (excluding diaryl/α,β-unsaturated/α-hetero) is 1. The van der Waals surface area contributed by atoms with E-state index in [2.05, 4.69) is 10.3 Å². The van der Waals surface area contributed by atoms with Crippen molar-refractivity contribution in [2.24, 2.45) is 0 Å². The predicted molar refractivity (Wildman–Crippen MR) is 131 cm³/mol. The van der Waals surface area contributed by atoms with Crippen molar-refractivity contribution in [1.29, 1.82) is 0 Å². The standard InChI is InChI=1S/C26H24F2N2O3S/c1-14-7-23-20(12-22(14)28)21(13-29-23)26(31)25(19-6-5-15(27)8-24(19)33-3)30-16-9-17(32-2)11-18(10-16)34-4/h5-13,25,29-30H,1-4H3. The molecule has 176 valence electrons. The number of rotatable bonds is 8. The van der Waals surface area contributed by atoms with Crippen LogP contribution >= 0.6 is 11.8 Å². The molecule has 1 atom stereocenters. The van der Waals surface area contributed by atoms with E-state index in [0.717, 1.165) is 4.90 Å². The third-order valence-corrected chi connectivity index (χ3v) is 6.36. The smallest absolute Gasteiger partial charge is 0.191 e. The maximum Gasteiger partial charge on any atom is 0.191 e. The summed E-state index contributed by atoms with van der Waals surface area (Å²) in [6, 6.07) is 11.6. The largest absolute Gasteiger partial charge is 0.497 e. The van der Waals surface area contributed by atoms with E-state index in [0.29, 0.717) is 39.0 Å². The summed E-state index contributed by atoms with van der Waals surface area (Å²) in [5, 5.41) is 3.73. The van der Waals surface area contributed by atoms with E-state index in [9.17, 15) is 13.6 Å². The number of thioether (sulfide) groups is 1. The minimum atomic E-state index is -0.944. The minimum Gasteiger partial charge on any atom is -0.497 e. The lowest BCUT2D eigenvalue weighted by Crippen LogP contribution is -2.22. The van der Waals surface area contributed by atoms with Crippen molar-refractivity contribution in [1.82, 2.24) is 4.98 Å². The van der Waals surface area contributed by atoms with Crippen LogP contribution in [0.15, 0.2) is 59.6 Å². The van der Waals surface area contributed by atoms with Crippen molar-refractivity contribution in [2.75, 3.05) is 25.8 Å². The van der Waals surface area contributed by atoms with Crippen LogP contribution in [0.4, 0.5) is 14.5 Å². The molecule has 4 rings (SSSR count). The van der Waals surface area contributed by atoms with Gasteiger partial charge in [0.15, 0.2) is 5.78 Å². The molecule has 34 heavy (non-hydrogen) atoms. The monoisotopic (exact) mass is 482 g/mol. The van der Waals surface area contributed by atoms with Gasteiger partial charge in [-0.15, -0.1) is 11.8 Å². The van der Waals surface area contributed by atoms with Gasteiger partial charge in [0.2, 0.25) is 0 Å². The Morgan fingerprint density at radius 3 is 2.56 bits per heavy atom. The Hall–Kier alpha value is -3.52. The number of ketones is 1. The summed E-state index contributed by atoms with van der Waals surface area (Å²) in [7, 11) is 2.98. The maximum absolute atomic E-state index is 14.4. The highest BCUT2D eigenvalue weighted by atomic mass is 32.2. The molecule has 0 fully saturated rings. The Bertz CT molecular complexity index is 1350. The Morgan fingerprint density at radius 1 is 1.06 bits per heavy atom. The van der Waals surface area contributed by atoms with Crippen LogP contribution < -0.4 is 14.8 Å². The highest BCUT2D eigenvalue weighted by Gasteiger charge is 2.28. The second kappa shape index (κ2) is 9.77. The van der Waals surface area contributed by atoms with Crippen LogP contribution in [0.2, 0.25) is 0 Å². The van der Waals surface area contributed by atoms with Crippen LogP contribution in [-0.4, -0.2) is 31.2 Å². The number of aromatic nitrogens is 1. The van der Waals surface area contributed by atoms with Gasteiger partial charge in [-0.1, -0.05) is 0 Å². The number of benzene rings is 3. The lowest BCUT2D eigenvalue weighted by molar-refractivity contribution is 0.0970. The number of hydrogen-bond acceptors (Lipinski definition) is 5. The van der Waals surface area contributed by atoms with E-state index in [-0.39, 0.29) is 11.5 Å². The lowest BCUT2D eigenvalue weighted by atomic mass is 9.95. The molecule has 0 spiro atoms.